The Morgan fingerprint density at radius 3 is 2.70 bits per heavy atom. The highest BCUT2D eigenvalue weighted by molar-refractivity contribution is 5.96. The molecule has 1 aromatic carbocycles. The number of nitrogens with zero attached hydrogens (tertiary/aromatic N) is 5. The monoisotopic (exact) mass is 442 g/mol. The van der Waals surface area contributed by atoms with Crippen LogP contribution in [0.5, 0.6) is 0 Å². The summed E-state index contributed by atoms with van der Waals surface area (Å²) < 4.78 is 0. The van der Waals surface area contributed by atoms with E-state index in [4.69, 9.17) is 15.7 Å². The van der Waals surface area contributed by atoms with Gasteiger partial charge in [-0.3, -0.25) is 14.5 Å². The Hall–Kier alpha value is -3.81. The summed E-state index contributed by atoms with van der Waals surface area (Å²) in [6, 6.07) is 13.0. The van der Waals surface area contributed by atoms with Crippen molar-refractivity contribution in [1.29, 1.82) is 0 Å². The number of nitrogen functional groups attached to an aromatic ring is 1. The van der Waals surface area contributed by atoms with Crippen LogP contribution in [-0.4, -0.2) is 38.2 Å². The summed E-state index contributed by atoms with van der Waals surface area (Å²) in [6.07, 6.45) is 4.23. The van der Waals surface area contributed by atoms with Crippen LogP contribution in [0, 0.1) is 6.92 Å². The number of hydrogen-bond donors (Lipinski definition) is 1. The number of fused-ring (bicyclic) bond motifs is 1. The highest BCUT2D eigenvalue weighted by Crippen LogP contribution is 2.35. The summed E-state index contributed by atoms with van der Waals surface area (Å²) >= 11 is 0. The molecule has 0 bridgehead atoms. The molecule has 5 rings (SSSR count). The zero-order valence-corrected chi connectivity index (χ0v) is 18.6. The van der Waals surface area contributed by atoms with E-state index in [1.807, 2.05) is 37.3 Å². The fourth-order valence-electron chi connectivity index (χ4n) is 4.66. The Balaban J connectivity index is 1.49. The van der Waals surface area contributed by atoms with Crippen LogP contribution in [0.25, 0.3) is 0 Å². The minimum absolute atomic E-state index is 0.0581. The van der Waals surface area contributed by atoms with Gasteiger partial charge in [0.2, 0.25) is 5.91 Å². The Morgan fingerprint density at radius 1 is 1.12 bits per heavy atom. The first-order chi connectivity index (χ1) is 16.0. The van der Waals surface area contributed by atoms with Gasteiger partial charge in [0.1, 0.15) is 11.6 Å². The molecule has 168 valence electrons. The van der Waals surface area contributed by atoms with Gasteiger partial charge < -0.3 is 10.6 Å². The first kappa shape index (κ1) is 21.1. The van der Waals surface area contributed by atoms with Crippen LogP contribution >= 0.6 is 0 Å². The van der Waals surface area contributed by atoms with E-state index in [9.17, 15) is 9.59 Å². The number of amides is 2. The molecule has 2 N–H and O–H groups in total. The Labute approximate surface area is 192 Å². The summed E-state index contributed by atoms with van der Waals surface area (Å²) in [6.45, 7) is 3.05. The SMILES string of the molecule is Cc1nc(C2CCCN2C(=O)c2ccc(N)nc2)nc2c1CCC(=O)N2Cc1ccccc1. The first-order valence-electron chi connectivity index (χ1n) is 11.3. The Kier molecular flexibility index (Phi) is 5.50. The average molecular weight is 443 g/mol. The maximum atomic E-state index is 13.2. The van der Waals surface area contributed by atoms with Crippen molar-refractivity contribution in [3.8, 4) is 0 Å². The van der Waals surface area contributed by atoms with Gasteiger partial charge in [0.15, 0.2) is 5.82 Å². The van der Waals surface area contributed by atoms with Crippen molar-refractivity contribution in [1.82, 2.24) is 19.9 Å². The van der Waals surface area contributed by atoms with Crippen LogP contribution in [0.2, 0.25) is 0 Å². The van der Waals surface area contributed by atoms with Gasteiger partial charge >= 0.3 is 0 Å². The zero-order chi connectivity index (χ0) is 22.9. The highest BCUT2D eigenvalue weighted by Gasteiger charge is 2.35. The normalized spacial score (nSPS) is 17.8. The van der Waals surface area contributed by atoms with E-state index in [2.05, 4.69) is 4.98 Å². The summed E-state index contributed by atoms with van der Waals surface area (Å²) in [7, 11) is 0. The summed E-state index contributed by atoms with van der Waals surface area (Å²) in [4.78, 5) is 43.4. The number of anilines is 2. The lowest BCUT2D eigenvalue weighted by Gasteiger charge is -2.31. The van der Waals surface area contributed by atoms with Crippen molar-refractivity contribution in [3.63, 3.8) is 0 Å². The lowest BCUT2D eigenvalue weighted by Crippen LogP contribution is -2.37. The van der Waals surface area contributed by atoms with E-state index < -0.39 is 0 Å². The molecule has 33 heavy (non-hydrogen) atoms. The molecule has 8 nitrogen and oxygen atoms in total. The van der Waals surface area contributed by atoms with Gasteiger partial charge in [-0.2, -0.15) is 0 Å². The molecule has 0 radical (unpaired) electrons. The van der Waals surface area contributed by atoms with E-state index in [0.717, 1.165) is 29.7 Å². The molecule has 3 aromatic rings. The number of aryl methyl sites for hydroxylation is 1. The molecule has 1 unspecified atom stereocenters. The predicted molar refractivity (Wildman–Crippen MR) is 124 cm³/mol. The van der Waals surface area contributed by atoms with Gasteiger partial charge in [0, 0.05) is 30.4 Å². The molecular formula is C25H26N6O2. The molecule has 1 fully saturated rings. The molecule has 0 spiro atoms. The topological polar surface area (TPSA) is 105 Å². The van der Waals surface area contributed by atoms with Crippen LogP contribution in [0.1, 0.15) is 58.3 Å². The van der Waals surface area contributed by atoms with Crippen molar-refractivity contribution < 1.29 is 9.59 Å². The van der Waals surface area contributed by atoms with Crippen LogP contribution in [0.15, 0.2) is 48.7 Å². The number of nitrogens with two attached hydrogens (primary N) is 1. The molecular weight excluding hydrogens is 416 g/mol. The van der Waals surface area contributed by atoms with Gasteiger partial charge in [-0.05, 0) is 43.9 Å². The molecule has 1 atom stereocenters. The summed E-state index contributed by atoms with van der Waals surface area (Å²) in [5.74, 6) is 1.59. The molecule has 1 saturated heterocycles. The number of benzene rings is 1. The number of hydrogen-bond acceptors (Lipinski definition) is 6. The van der Waals surface area contributed by atoms with Crippen molar-refractivity contribution >= 4 is 23.5 Å². The van der Waals surface area contributed by atoms with Crippen molar-refractivity contribution in [3.05, 3.63) is 76.9 Å². The quantitative estimate of drug-likeness (QED) is 0.665. The molecule has 2 aromatic heterocycles. The predicted octanol–water partition coefficient (Wildman–Crippen LogP) is 3.22. The third-order valence-corrected chi connectivity index (χ3v) is 6.38. The standard InChI is InChI=1S/C25H26N6O2/c1-16-19-10-12-22(32)31(15-17-6-3-2-4-7-17)24(19)29-23(28-16)20-8-5-13-30(20)25(33)18-9-11-21(26)27-14-18/h2-4,6-7,9,11,14,20H,5,8,10,12-13,15H2,1H3,(H2,26,27). The smallest absolute Gasteiger partial charge is 0.256 e. The summed E-state index contributed by atoms with van der Waals surface area (Å²) in [5.41, 5.74) is 9.09. The lowest BCUT2D eigenvalue weighted by atomic mass is 10.0. The number of pyridine rings is 1. The maximum Gasteiger partial charge on any atom is 0.256 e. The van der Waals surface area contributed by atoms with Gasteiger partial charge in [-0.25, -0.2) is 15.0 Å². The molecule has 2 aliphatic rings. The minimum atomic E-state index is -0.241. The second kappa shape index (κ2) is 8.61. The number of aromatic nitrogens is 3. The van der Waals surface area contributed by atoms with Gasteiger partial charge in [-0.15, -0.1) is 0 Å². The Morgan fingerprint density at radius 2 is 1.94 bits per heavy atom. The number of carbonyl (C=O) groups excluding carboxylic acids is 2. The molecule has 4 heterocycles. The van der Waals surface area contributed by atoms with Crippen molar-refractivity contribution in [2.24, 2.45) is 0 Å². The third-order valence-electron chi connectivity index (χ3n) is 6.38. The largest absolute Gasteiger partial charge is 0.384 e. The Bertz CT molecular complexity index is 1200. The fourth-order valence-corrected chi connectivity index (χ4v) is 4.66. The third kappa shape index (κ3) is 4.04. The van der Waals surface area contributed by atoms with Gasteiger partial charge in [0.25, 0.3) is 5.91 Å². The van der Waals surface area contributed by atoms with Gasteiger partial charge in [0.05, 0.1) is 18.2 Å². The second-order valence-electron chi connectivity index (χ2n) is 8.56. The van der Waals surface area contributed by atoms with E-state index >= 15 is 0 Å². The van der Waals surface area contributed by atoms with Crippen LogP contribution in [0.4, 0.5) is 11.6 Å². The molecule has 2 amide bonds. The van der Waals surface area contributed by atoms with Gasteiger partial charge in [-0.1, -0.05) is 30.3 Å². The molecule has 8 heteroatoms. The van der Waals surface area contributed by atoms with Crippen LogP contribution < -0.4 is 10.6 Å². The first-order valence-corrected chi connectivity index (χ1v) is 11.3. The van der Waals surface area contributed by atoms with E-state index in [1.165, 1.54) is 6.20 Å². The van der Waals surface area contributed by atoms with Crippen molar-refractivity contribution in [2.45, 2.75) is 45.2 Å². The highest BCUT2D eigenvalue weighted by atomic mass is 16.2. The number of likely N-dealkylation sites (tertiary alicyclic amines) is 1. The summed E-state index contributed by atoms with van der Waals surface area (Å²) in [5, 5.41) is 0. The van der Waals surface area contributed by atoms with Crippen LogP contribution in [0.3, 0.4) is 0 Å². The van der Waals surface area contributed by atoms with Crippen LogP contribution in [-0.2, 0) is 17.8 Å². The number of carbonyl (C=O) groups is 2. The minimum Gasteiger partial charge on any atom is -0.384 e. The molecule has 0 aliphatic carbocycles. The lowest BCUT2D eigenvalue weighted by molar-refractivity contribution is -0.119. The maximum absolute atomic E-state index is 13.2. The molecule has 2 aliphatic heterocycles. The van der Waals surface area contributed by atoms with E-state index in [-0.39, 0.29) is 17.9 Å². The van der Waals surface area contributed by atoms with Crippen molar-refractivity contribution in [2.75, 3.05) is 17.2 Å². The zero-order valence-electron chi connectivity index (χ0n) is 18.6. The second-order valence-corrected chi connectivity index (χ2v) is 8.56. The van der Waals surface area contributed by atoms with E-state index in [0.29, 0.717) is 49.0 Å². The average Bonchev–Trinajstić information content (AvgIpc) is 3.31. The van der Waals surface area contributed by atoms with E-state index in [1.54, 1.807) is 21.9 Å². The molecule has 0 saturated carbocycles. The number of rotatable bonds is 4. The fraction of sp³-hybridized carbons (Fsp3) is 0.320.